The van der Waals surface area contributed by atoms with Crippen LogP contribution in [-0.4, -0.2) is 43.8 Å². The summed E-state index contributed by atoms with van der Waals surface area (Å²) in [6.45, 7) is 2.99. The molecule has 4 rings (SSSR count). The Balaban J connectivity index is 1.44. The van der Waals surface area contributed by atoms with E-state index in [2.05, 4.69) is 37.4 Å². The van der Waals surface area contributed by atoms with Crippen LogP contribution in [0.15, 0.2) is 42.9 Å². The van der Waals surface area contributed by atoms with E-state index in [0.29, 0.717) is 6.04 Å². The van der Waals surface area contributed by atoms with Crippen molar-refractivity contribution >= 4 is 16.7 Å². The Hall–Kier alpha value is -2.47. The number of fused-ring (bicyclic) bond motifs is 1. The molecule has 4 heterocycles. The molecule has 1 aliphatic rings. The number of hydrogen-bond acceptors (Lipinski definition) is 5. The van der Waals surface area contributed by atoms with Crippen LogP contribution in [0.3, 0.4) is 0 Å². The largest absolute Gasteiger partial charge is 0.383 e. The van der Waals surface area contributed by atoms with Gasteiger partial charge >= 0.3 is 0 Å². The highest BCUT2D eigenvalue weighted by Gasteiger charge is 2.24. The molecule has 3 aromatic heterocycles. The summed E-state index contributed by atoms with van der Waals surface area (Å²) >= 11 is 0. The normalized spacial score (nSPS) is 18.3. The van der Waals surface area contributed by atoms with E-state index in [1.807, 2.05) is 42.5 Å². The molecule has 0 aromatic carbocycles. The van der Waals surface area contributed by atoms with Crippen LogP contribution in [0.1, 0.15) is 18.5 Å². The maximum atomic E-state index is 4.46. The maximum absolute atomic E-state index is 4.46. The minimum Gasteiger partial charge on any atom is -0.383 e. The van der Waals surface area contributed by atoms with Crippen LogP contribution < -0.4 is 5.32 Å². The van der Waals surface area contributed by atoms with Crippen LogP contribution in [0.4, 0.5) is 5.69 Å². The zero-order valence-corrected chi connectivity index (χ0v) is 13.9. The molecule has 0 spiro atoms. The maximum Gasteiger partial charge on any atom is 0.159 e. The number of rotatable bonds is 5. The molecule has 1 fully saturated rings. The second-order valence-corrected chi connectivity index (χ2v) is 6.33. The fourth-order valence-electron chi connectivity index (χ4n) is 3.46. The van der Waals surface area contributed by atoms with E-state index in [0.717, 1.165) is 42.0 Å². The van der Waals surface area contributed by atoms with Crippen LogP contribution in [-0.2, 0) is 13.6 Å². The van der Waals surface area contributed by atoms with Crippen molar-refractivity contribution in [3.05, 3.63) is 48.5 Å². The van der Waals surface area contributed by atoms with E-state index in [4.69, 9.17) is 0 Å². The van der Waals surface area contributed by atoms with Gasteiger partial charge in [-0.15, -0.1) is 0 Å². The zero-order chi connectivity index (χ0) is 16.4. The Bertz CT molecular complexity index is 813. The van der Waals surface area contributed by atoms with Crippen molar-refractivity contribution in [1.82, 2.24) is 24.6 Å². The average Bonchev–Trinajstić information content (AvgIpc) is 3.21. The Morgan fingerprint density at radius 2 is 2.17 bits per heavy atom. The minimum absolute atomic E-state index is 0.534. The molecular formula is C18H22N6. The van der Waals surface area contributed by atoms with Crippen molar-refractivity contribution in [1.29, 1.82) is 0 Å². The van der Waals surface area contributed by atoms with E-state index in [1.165, 1.54) is 12.8 Å². The molecule has 1 atom stereocenters. The summed E-state index contributed by atoms with van der Waals surface area (Å²) in [4.78, 5) is 11.4. The smallest absolute Gasteiger partial charge is 0.159 e. The van der Waals surface area contributed by atoms with Crippen molar-refractivity contribution in [2.75, 3.05) is 18.4 Å². The van der Waals surface area contributed by atoms with Crippen LogP contribution in [0.2, 0.25) is 0 Å². The molecule has 1 N–H and O–H groups in total. The molecule has 0 radical (unpaired) electrons. The van der Waals surface area contributed by atoms with E-state index >= 15 is 0 Å². The summed E-state index contributed by atoms with van der Waals surface area (Å²) in [7, 11) is 1.92. The molecule has 0 amide bonds. The molecule has 1 unspecified atom stereocenters. The van der Waals surface area contributed by atoms with Crippen molar-refractivity contribution in [3.8, 4) is 0 Å². The van der Waals surface area contributed by atoms with Gasteiger partial charge in [0.05, 0.1) is 17.3 Å². The molecule has 1 aliphatic heterocycles. The Morgan fingerprint density at radius 3 is 3.04 bits per heavy atom. The topological polar surface area (TPSA) is 58.9 Å². The van der Waals surface area contributed by atoms with Gasteiger partial charge in [0.1, 0.15) is 0 Å². The van der Waals surface area contributed by atoms with Gasteiger partial charge in [0.15, 0.2) is 5.65 Å². The lowest BCUT2D eigenvalue weighted by Crippen LogP contribution is -2.34. The number of pyridine rings is 2. The standard InChI is InChI=1S/C18H22N6/c1-23-18-16(12-22-23)17(7-9-20-18)21-11-15-6-4-10-24(15)13-14-5-2-3-8-19-14/h2-3,5,7-9,12,15H,4,6,10-11,13H2,1H3,(H,20,21). The molecule has 6 nitrogen and oxygen atoms in total. The van der Waals surface area contributed by atoms with Gasteiger partial charge < -0.3 is 5.32 Å². The highest BCUT2D eigenvalue weighted by Crippen LogP contribution is 2.23. The van der Waals surface area contributed by atoms with Gasteiger partial charge in [-0.2, -0.15) is 5.10 Å². The summed E-state index contributed by atoms with van der Waals surface area (Å²) in [6.07, 6.45) is 8.06. The van der Waals surface area contributed by atoms with Crippen molar-refractivity contribution < 1.29 is 0 Å². The van der Waals surface area contributed by atoms with E-state index in [9.17, 15) is 0 Å². The molecule has 3 aromatic rings. The van der Waals surface area contributed by atoms with Gasteiger partial charge in [0, 0.05) is 44.3 Å². The van der Waals surface area contributed by atoms with Crippen molar-refractivity contribution in [3.63, 3.8) is 0 Å². The summed E-state index contributed by atoms with van der Waals surface area (Å²) in [6, 6.07) is 8.69. The van der Waals surface area contributed by atoms with Crippen molar-refractivity contribution in [2.24, 2.45) is 7.05 Å². The molecule has 0 saturated carbocycles. The minimum atomic E-state index is 0.534. The lowest BCUT2D eigenvalue weighted by molar-refractivity contribution is 0.251. The predicted molar refractivity (Wildman–Crippen MR) is 94.7 cm³/mol. The SMILES string of the molecule is Cn1ncc2c(NCC3CCCN3Cc3ccccn3)ccnc21. The van der Waals surface area contributed by atoms with E-state index < -0.39 is 0 Å². The van der Waals surface area contributed by atoms with Crippen LogP contribution >= 0.6 is 0 Å². The van der Waals surface area contributed by atoms with E-state index in [-0.39, 0.29) is 0 Å². The van der Waals surface area contributed by atoms with Crippen LogP contribution in [0.5, 0.6) is 0 Å². The Morgan fingerprint density at radius 1 is 1.21 bits per heavy atom. The number of likely N-dealkylation sites (tertiary alicyclic amines) is 1. The molecule has 0 bridgehead atoms. The fraction of sp³-hybridized carbons (Fsp3) is 0.389. The number of nitrogens with one attached hydrogen (secondary N) is 1. The number of aryl methyl sites for hydroxylation is 1. The highest BCUT2D eigenvalue weighted by molar-refractivity contribution is 5.88. The van der Waals surface area contributed by atoms with Gasteiger partial charge in [-0.25, -0.2) is 4.98 Å². The second-order valence-electron chi connectivity index (χ2n) is 6.33. The molecule has 24 heavy (non-hydrogen) atoms. The monoisotopic (exact) mass is 322 g/mol. The quantitative estimate of drug-likeness (QED) is 0.782. The number of anilines is 1. The molecule has 6 heteroatoms. The average molecular weight is 322 g/mol. The predicted octanol–water partition coefficient (Wildman–Crippen LogP) is 2.44. The number of aromatic nitrogens is 4. The van der Waals surface area contributed by atoms with Gasteiger partial charge in [-0.1, -0.05) is 6.07 Å². The third kappa shape index (κ3) is 2.97. The van der Waals surface area contributed by atoms with Crippen LogP contribution in [0.25, 0.3) is 11.0 Å². The summed E-state index contributed by atoms with van der Waals surface area (Å²) in [5.41, 5.74) is 3.16. The number of hydrogen-bond donors (Lipinski definition) is 1. The Labute approximate surface area is 141 Å². The van der Waals surface area contributed by atoms with Crippen LogP contribution in [0, 0.1) is 0 Å². The first kappa shape index (κ1) is 15.1. The first-order valence-corrected chi connectivity index (χ1v) is 8.46. The molecule has 124 valence electrons. The first-order valence-electron chi connectivity index (χ1n) is 8.46. The molecular weight excluding hydrogens is 300 g/mol. The fourth-order valence-corrected chi connectivity index (χ4v) is 3.46. The Kier molecular flexibility index (Phi) is 4.13. The summed E-state index contributed by atoms with van der Waals surface area (Å²) in [5.74, 6) is 0. The third-order valence-corrected chi connectivity index (χ3v) is 4.75. The van der Waals surface area contributed by atoms with Gasteiger partial charge in [-0.3, -0.25) is 14.6 Å². The highest BCUT2D eigenvalue weighted by atomic mass is 15.3. The second kappa shape index (κ2) is 6.57. The molecule has 0 aliphatic carbocycles. The summed E-state index contributed by atoms with van der Waals surface area (Å²) < 4.78 is 1.81. The third-order valence-electron chi connectivity index (χ3n) is 4.75. The molecule has 1 saturated heterocycles. The van der Waals surface area contributed by atoms with Gasteiger partial charge in [0.2, 0.25) is 0 Å². The van der Waals surface area contributed by atoms with Crippen molar-refractivity contribution in [2.45, 2.75) is 25.4 Å². The summed E-state index contributed by atoms with van der Waals surface area (Å²) in [5, 5.41) is 8.98. The lowest BCUT2D eigenvalue weighted by atomic mass is 10.2. The van der Waals surface area contributed by atoms with Gasteiger partial charge in [0.25, 0.3) is 0 Å². The first-order chi connectivity index (χ1) is 11.8. The number of nitrogens with zero attached hydrogens (tertiary/aromatic N) is 5. The zero-order valence-electron chi connectivity index (χ0n) is 13.9. The lowest BCUT2D eigenvalue weighted by Gasteiger charge is -2.24. The van der Waals surface area contributed by atoms with E-state index in [1.54, 1.807) is 0 Å². The van der Waals surface area contributed by atoms with Gasteiger partial charge in [-0.05, 0) is 37.6 Å².